The van der Waals surface area contributed by atoms with Crippen LogP contribution in [0.25, 0.3) is 0 Å². The van der Waals surface area contributed by atoms with Crippen molar-refractivity contribution in [3.63, 3.8) is 0 Å². The summed E-state index contributed by atoms with van der Waals surface area (Å²) in [6, 6.07) is 0. The van der Waals surface area contributed by atoms with E-state index >= 15 is 0 Å². The van der Waals surface area contributed by atoms with Crippen molar-refractivity contribution < 1.29 is 0 Å². The van der Waals surface area contributed by atoms with Crippen molar-refractivity contribution >= 4 is 5.82 Å². The highest BCUT2D eigenvalue weighted by Gasteiger charge is 2.16. The van der Waals surface area contributed by atoms with Crippen LogP contribution in [-0.4, -0.2) is 35.0 Å². The Kier molecular flexibility index (Phi) is 5.58. The Labute approximate surface area is 116 Å². The van der Waals surface area contributed by atoms with Gasteiger partial charge in [0.05, 0.1) is 18.1 Å². The molecule has 1 atom stereocenters. The van der Waals surface area contributed by atoms with Crippen molar-refractivity contribution in [1.29, 1.82) is 0 Å². The van der Waals surface area contributed by atoms with Crippen LogP contribution in [0.3, 0.4) is 0 Å². The molecule has 0 saturated carbocycles. The minimum atomic E-state index is 0.836. The minimum absolute atomic E-state index is 0.836. The lowest BCUT2D eigenvalue weighted by atomic mass is 9.96. The molecule has 1 unspecified atom stereocenters. The van der Waals surface area contributed by atoms with E-state index in [9.17, 15) is 0 Å². The fourth-order valence-electron chi connectivity index (χ4n) is 2.87. The quantitative estimate of drug-likeness (QED) is 0.886. The van der Waals surface area contributed by atoms with Crippen LogP contribution in [0, 0.1) is 5.92 Å². The number of rotatable bonds is 5. The van der Waals surface area contributed by atoms with Crippen molar-refractivity contribution in [2.75, 3.05) is 25.5 Å². The maximum atomic E-state index is 4.46. The monoisotopic (exact) mass is 262 g/mol. The van der Waals surface area contributed by atoms with Crippen LogP contribution in [0.4, 0.5) is 5.82 Å². The second-order valence-corrected chi connectivity index (χ2v) is 5.50. The van der Waals surface area contributed by atoms with E-state index in [1.165, 1.54) is 45.2 Å². The second kappa shape index (κ2) is 7.43. The molecular formula is C15H26N4. The van der Waals surface area contributed by atoms with Crippen molar-refractivity contribution in [3.8, 4) is 0 Å². The first-order chi connectivity index (χ1) is 9.31. The number of nitrogens with one attached hydrogen (secondary N) is 1. The van der Waals surface area contributed by atoms with Crippen molar-refractivity contribution in [1.82, 2.24) is 14.9 Å². The first-order valence-corrected chi connectivity index (χ1v) is 7.53. The summed E-state index contributed by atoms with van der Waals surface area (Å²) in [6.07, 6.45) is 10.5. The molecule has 4 nitrogen and oxygen atoms in total. The third-order valence-electron chi connectivity index (χ3n) is 3.98. The molecule has 1 saturated heterocycles. The summed E-state index contributed by atoms with van der Waals surface area (Å²) in [7, 11) is 1.87. The average molecular weight is 262 g/mol. The average Bonchev–Trinajstić information content (AvgIpc) is 2.66. The zero-order valence-electron chi connectivity index (χ0n) is 12.2. The Bertz CT molecular complexity index is 363. The lowest BCUT2D eigenvalue weighted by Crippen LogP contribution is -2.25. The normalized spacial score (nSPS) is 21.1. The van der Waals surface area contributed by atoms with E-state index in [2.05, 4.69) is 27.1 Å². The minimum Gasteiger partial charge on any atom is -0.372 e. The molecule has 0 aliphatic carbocycles. The van der Waals surface area contributed by atoms with E-state index in [1.54, 1.807) is 0 Å². The van der Waals surface area contributed by atoms with Crippen molar-refractivity contribution in [2.24, 2.45) is 5.92 Å². The molecule has 106 valence electrons. The van der Waals surface area contributed by atoms with Crippen LogP contribution in [0.15, 0.2) is 12.4 Å². The maximum Gasteiger partial charge on any atom is 0.144 e. The highest BCUT2D eigenvalue weighted by atomic mass is 15.1. The van der Waals surface area contributed by atoms with Crippen LogP contribution >= 0.6 is 0 Å². The van der Waals surface area contributed by atoms with E-state index in [1.807, 2.05) is 19.4 Å². The molecule has 1 aliphatic heterocycles. The van der Waals surface area contributed by atoms with Gasteiger partial charge in [-0.1, -0.05) is 19.8 Å². The SMILES string of the molecule is CCCC1CCCN(Cc2cnc(NC)cn2)CC1. The van der Waals surface area contributed by atoms with Gasteiger partial charge in [-0.05, 0) is 38.3 Å². The molecule has 0 spiro atoms. The molecule has 1 aromatic heterocycles. The highest BCUT2D eigenvalue weighted by molar-refractivity contribution is 5.29. The molecule has 1 N–H and O–H groups in total. The number of anilines is 1. The molecule has 0 amide bonds. The molecule has 2 rings (SSSR count). The summed E-state index contributed by atoms with van der Waals surface area (Å²) in [5.41, 5.74) is 1.08. The second-order valence-electron chi connectivity index (χ2n) is 5.50. The van der Waals surface area contributed by atoms with Crippen LogP contribution in [0.2, 0.25) is 0 Å². The van der Waals surface area contributed by atoms with Gasteiger partial charge >= 0.3 is 0 Å². The maximum absolute atomic E-state index is 4.46. The summed E-state index contributed by atoms with van der Waals surface area (Å²) in [5, 5.41) is 3.00. The van der Waals surface area contributed by atoms with Crippen LogP contribution in [0.5, 0.6) is 0 Å². The van der Waals surface area contributed by atoms with E-state index in [0.29, 0.717) is 0 Å². The lowest BCUT2D eigenvalue weighted by Gasteiger charge is -2.19. The number of aromatic nitrogens is 2. The molecule has 1 fully saturated rings. The summed E-state index contributed by atoms with van der Waals surface area (Å²) in [5.74, 6) is 1.77. The Balaban J connectivity index is 1.84. The third-order valence-corrected chi connectivity index (χ3v) is 3.98. The van der Waals surface area contributed by atoms with Gasteiger partial charge in [0.25, 0.3) is 0 Å². The number of nitrogens with zero attached hydrogens (tertiary/aromatic N) is 3. The van der Waals surface area contributed by atoms with E-state index in [0.717, 1.165) is 24.0 Å². The molecule has 0 aromatic carbocycles. The standard InChI is InChI=1S/C15H26N4/c1-3-5-13-6-4-8-19(9-7-13)12-14-10-18-15(16-2)11-17-14/h10-11,13H,3-9,12H2,1-2H3,(H,16,18). The zero-order chi connectivity index (χ0) is 13.5. The van der Waals surface area contributed by atoms with Gasteiger partial charge in [-0.2, -0.15) is 0 Å². The summed E-state index contributed by atoms with van der Waals surface area (Å²) in [6.45, 7) is 5.65. The van der Waals surface area contributed by atoms with Gasteiger partial charge in [0, 0.05) is 13.6 Å². The van der Waals surface area contributed by atoms with Crippen LogP contribution in [-0.2, 0) is 6.54 Å². The largest absolute Gasteiger partial charge is 0.372 e. The van der Waals surface area contributed by atoms with Crippen molar-refractivity contribution in [3.05, 3.63) is 18.1 Å². The van der Waals surface area contributed by atoms with Gasteiger partial charge in [-0.15, -0.1) is 0 Å². The smallest absolute Gasteiger partial charge is 0.144 e. The molecule has 1 aromatic rings. The van der Waals surface area contributed by atoms with Crippen LogP contribution in [0.1, 0.15) is 44.7 Å². The predicted octanol–water partition coefficient (Wildman–Crippen LogP) is 2.92. The molecular weight excluding hydrogens is 236 g/mol. The van der Waals surface area contributed by atoms with Gasteiger partial charge in [0.15, 0.2) is 0 Å². The topological polar surface area (TPSA) is 41.1 Å². The molecule has 2 heterocycles. The van der Waals surface area contributed by atoms with Gasteiger partial charge in [0.2, 0.25) is 0 Å². The van der Waals surface area contributed by atoms with Crippen LogP contribution < -0.4 is 5.32 Å². The van der Waals surface area contributed by atoms with E-state index < -0.39 is 0 Å². The molecule has 4 heteroatoms. The Morgan fingerprint density at radius 1 is 1.26 bits per heavy atom. The van der Waals surface area contributed by atoms with Gasteiger partial charge in [0.1, 0.15) is 5.82 Å². The molecule has 1 aliphatic rings. The number of likely N-dealkylation sites (tertiary alicyclic amines) is 1. The van der Waals surface area contributed by atoms with Crippen molar-refractivity contribution in [2.45, 2.75) is 45.6 Å². The Morgan fingerprint density at radius 2 is 2.16 bits per heavy atom. The number of hydrogen-bond acceptors (Lipinski definition) is 4. The summed E-state index contributed by atoms with van der Waals surface area (Å²) in [4.78, 5) is 11.3. The Hall–Kier alpha value is -1.16. The van der Waals surface area contributed by atoms with E-state index in [-0.39, 0.29) is 0 Å². The highest BCUT2D eigenvalue weighted by Crippen LogP contribution is 2.22. The van der Waals surface area contributed by atoms with Gasteiger partial charge in [-0.3, -0.25) is 9.88 Å². The fraction of sp³-hybridized carbons (Fsp3) is 0.733. The molecule has 0 radical (unpaired) electrons. The Morgan fingerprint density at radius 3 is 2.84 bits per heavy atom. The fourth-order valence-corrected chi connectivity index (χ4v) is 2.87. The summed E-state index contributed by atoms with van der Waals surface area (Å²) < 4.78 is 0. The number of hydrogen-bond donors (Lipinski definition) is 1. The first-order valence-electron chi connectivity index (χ1n) is 7.53. The predicted molar refractivity (Wildman–Crippen MR) is 79.1 cm³/mol. The third kappa shape index (κ3) is 4.46. The lowest BCUT2D eigenvalue weighted by molar-refractivity contribution is 0.268. The molecule has 0 bridgehead atoms. The van der Waals surface area contributed by atoms with E-state index in [4.69, 9.17) is 0 Å². The summed E-state index contributed by atoms with van der Waals surface area (Å²) >= 11 is 0. The zero-order valence-corrected chi connectivity index (χ0v) is 12.2. The first kappa shape index (κ1) is 14.3. The molecule has 19 heavy (non-hydrogen) atoms. The van der Waals surface area contributed by atoms with Gasteiger partial charge in [-0.25, -0.2) is 4.98 Å². The van der Waals surface area contributed by atoms with Gasteiger partial charge < -0.3 is 5.32 Å².